The number of hydrogen-bond donors (Lipinski definition) is 0. The normalized spacial score (nSPS) is 11.0. The lowest BCUT2D eigenvalue weighted by Gasteiger charge is -2.04. The van der Waals surface area contributed by atoms with E-state index in [0.29, 0.717) is 0 Å². The maximum absolute atomic E-state index is 5.75. The van der Waals surface area contributed by atoms with Crippen LogP contribution in [0.1, 0.15) is 0 Å². The lowest BCUT2D eigenvalue weighted by Crippen LogP contribution is -1.79. The van der Waals surface area contributed by atoms with Crippen LogP contribution in [0.25, 0.3) is 22.1 Å². The number of fused-ring (bicyclic) bond motifs is 1. The Morgan fingerprint density at radius 3 is 2.50 bits per heavy atom. The van der Waals surface area contributed by atoms with Gasteiger partial charge in [-0.1, -0.05) is 42.5 Å². The third-order valence-electron chi connectivity index (χ3n) is 2.92. The van der Waals surface area contributed by atoms with Crippen molar-refractivity contribution in [2.45, 2.75) is 4.90 Å². The molecule has 3 aromatic rings. The van der Waals surface area contributed by atoms with E-state index in [4.69, 9.17) is 4.42 Å². The number of furan rings is 1. The summed E-state index contributed by atoms with van der Waals surface area (Å²) in [5.41, 5.74) is 3.35. The molecule has 90 valence electrons. The Hall–Kier alpha value is -1.19. The minimum absolute atomic E-state index is 0.813. The van der Waals surface area contributed by atoms with E-state index < -0.39 is 0 Å². The van der Waals surface area contributed by atoms with Crippen LogP contribution in [0.3, 0.4) is 0 Å². The van der Waals surface area contributed by atoms with E-state index in [2.05, 4.69) is 52.5 Å². The molecule has 0 saturated carbocycles. The van der Waals surface area contributed by atoms with E-state index in [1.165, 1.54) is 16.5 Å². The van der Waals surface area contributed by atoms with Gasteiger partial charge >= 0.3 is 0 Å². The molecule has 0 aliphatic rings. The van der Waals surface area contributed by atoms with E-state index in [1.54, 1.807) is 11.8 Å². The molecule has 0 atom stereocenters. The number of rotatable bonds is 2. The molecule has 0 N–H and O–H groups in total. The molecule has 3 rings (SSSR count). The van der Waals surface area contributed by atoms with Gasteiger partial charge in [-0.25, -0.2) is 0 Å². The van der Waals surface area contributed by atoms with Crippen LogP contribution in [0.2, 0.25) is 0 Å². The topological polar surface area (TPSA) is 13.1 Å². The maximum Gasteiger partial charge on any atom is 0.184 e. The van der Waals surface area contributed by atoms with Gasteiger partial charge in [-0.3, -0.25) is 0 Å². The Bertz CT molecular complexity index is 688. The fourth-order valence-corrected chi connectivity index (χ4v) is 3.61. The Balaban J connectivity index is 2.36. The summed E-state index contributed by atoms with van der Waals surface area (Å²) in [5, 5.41) is 1.18. The molecular weight excluding hydrogens is 308 g/mol. The first kappa shape index (κ1) is 11.9. The molecule has 1 nitrogen and oxygen atoms in total. The van der Waals surface area contributed by atoms with Crippen molar-refractivity contribution in [2.24, 2.45) is 0 Å². The molecular formula is C15H11BrOS. The first-order valence-electron chi connectivity index (χ1n) is 5.61. The van der Waals surface area contributed by atoms with Gasteiger partial charge < -0.3 is 4.42 Å². The fraction of sp³-hybridized carbons (Fsp3) is 0.0667. The third-order valence-corrected chi connectivity index (χ3v) is 4.54. The van der Waals surface area contributed by atoms with Crippen molar-refractivity contribution in [3.63, 3.8) is 0 Å². The number of halogens is 1. The molecule has 0 fully saturated rings. The van der Waals surface area contributed by atoms with E-state index in [1.807, 2.05) is 18.2 Å². The summed E-state index contributed by atoms with van der Waals surface area (Å²) in [5.74, 6) is 0. The predicted molar refractivity (Wildman–Crippen MR) is 81.1 cm³/mol. The van der Waals surface area contributed by atoms with Gasteiger partial charge in [-0.2, -0.15) is 0 Å². The highest BCUT2D eigenvalue weighted by atomic mass is 79.9. The van der Waals surface area contributed by atoms with Crippen molar-refractivity contribution in [1.82, 2.24) is 0 Å². The summed E-state index contributed by atoms with van der Waals surface area (Å²) in [6.07, 6.45) is 2.07. The minimum atomic E-state index is 0.813. The Kier molecular flexibility index (Phi) is 3.18. The molecule has 0 amide bonds. The Labute approximate surface area is 118 Å². The SMILES string of the molecule is CSc1c(Br)oc2cccc(-c3ccccc3)c12. The Morgan fingerprint density at radius 1 is 1.00 bits per heavy atom. The third kappa shape index (κ3) is 1.88. The zero-order chi connectivity index (χ0) is 12.5. The molecule has 0 aliphatic carbocycles. The predicted octanol–water partition coefficient (Wildman–Crippen LogP) is 5.58. The molecule has 0 bridgehead atoms. The molecule has 18 heavy (non-hydrogen) atoms. The van der Waals surface area contributed by atoms with Crippen LogP contribution >= 0.6 is 27.7 Å². The second kappa shape index (κ2) is 4.82. The van der Waals surface area contributed by atoms with Crippen LogP contribution in [0, 0.1) is 0 Å². The number of hydrogen-bond acceptors (Lipinski definition) is 2. The summed E-state index contributed by atoms with van der Waals surface area (Å²) in [6, 6.07) is 16.6. The van der Waals surface area contributed by atoms with Crippen LogP contribution in [-0.4, -0.2) is 6.26 Å². The highest BCUT2D eigenvalue weighted by Crippen LogP contribution is 2.41. The average Bonchev–Trinajstić information content (AvgIpc) is 2.74. The van der Waals surface area contributed by atoms with Gasteiger partial charge in [0.25, 0.3) is 0 Å². The molecule has 0 saturated heterocycles. The largest absolute Gasteiger partial charge is 0.448 e. The van der Waals surface area contributed by atoms with Gasteiger partial charge in [0.2, 0.25) is 0 Å². The summed E-state index contributed by atoms with van der Waals surface area (Å²) in [6.45, 7) is 0. The monoisotopic (exact) mass is 318 g/mol. The molecule has 1 aromatic heterocycles. The molecule has 1 heterocycles. The molecule has 0 unspecified atom stereocenters. The minimum Gasteiger partial charge on any atom is -0.448 e. The van der Waals surface area contributed by atoms with E-state index in [0.717, 1.165) is 15.1 Å². The quantitative estimate of drug-likeness (QED) is 0.572. The van der Waals surface area contributed by atoms with Gasteiger partial charge in [0.1, 0.15) is 5.58 Å². The highest BCUT2D eigenvalue weighted by molar-refractivity contribution is 9.10. The summed E-state index contributed by atoms with van der Waals surface area (Å²) in [7, 11) is 0. The Morgan fingerprint density at radius 2 is 1.78 bits per heavy atom. The van der Waals surface area contributed by atoms with Gasteiger partial charge in [0.15, 0.2) is 4.67 Å². The van der Waals surface area contributed by atoms with Gasteiger partial charge in [-0.05, 0) is 39.4 Å². The van der Waals surface area contributed by atoms with Crippen LogP contribution in [0.5, 0.6) is 0 Å². The first-order valence-corrected chi connectivity index (χ1v) is 7.63. The lowest BCUT2D eigenvalue weighted by atomic mass is 10.0. The molecule has 0 aliphatic heterocycles. The van der Waals surface area contributed by atoms with Crippen molar-refractivity contribution in [3.05, 3.63) is 53.2 Å². The summed E-state index contributed by atoms with van der Waals surface area (Å²) in [4.78, 5) is 1.16. The number of benzene rings is 2. The summed E-state index contributed by atoms with van der Waals surface area (Å²) >= 11 is 5.19. The first-order chi connectivity index (χ1) is 8.81. The van der Waals surface area contributed by atoms with E-state index in [9.17, 15) is 0 Å². The fourth-order valence-electron chi connectivity index (χ4n) is 2.13. The van der Waals surface area contributed by atoms with Crippen molar-refractivity contribution in [3.8, 4) is 11.1 Å². The van der Waals surface area contributed by atoms with Crippen molar-refractivity contribution in [2.75, 3.05) is 6.26 Å². The van der Waals surface area contributed by atoms with Gasteiger partial charge in [0, 0.05) is 5.39 Å². The summed E-state index contributed by atoms with van der Waals surface area (Å²) < 4.78 is 6.56. The van der Waals surface area contributed by atoms with Crippen LogP contribution < -0.4 is 0 Å². The van der Waals surface area contributed by atoms with Gasteiger partial charge in [-0.15, -0.1) is 11.8 Å². The zero-order valence-electron chi connectivity index (χ0n) is 9.81. The second-order valence-corrected chi connectivity index (χ2v) is 5.49. The van der Waals surface area contributed by atoms with E-state index >= 15 is 0 Å². The average molecular weight is 319 g/mol. The molecule has 3 heteroatoms. The van der Waals surface area contributed by atoms with Crippen molar-refractivity contribution in [1.29, 1.82) is 0 Å². The van der Waals surface area contributed by atoms with Gasteiger partial charge in [0.05, 0.1) is 4.90 Å². The molecule has 2 aromatic carbocycles. The highest BCUT2D eigenvalue weighted by Gasteiger charge is 2.15. The number of thioether (sulfide) groups is 1. The molecule has 0 radical (unpaired) electrons. The van der Waals surface area contributed by atoms with Crippen molar-refractivity contribution < 1.29 is 4.42 Å². The standard InChI is InChI=1S/C15H11BrOS/c1-18-14-13-11(10-6-3-2-4-7-10)8-5-9-12(13)17-15(14)16/h2-9H,1H3. The maximum atomic E-state index is 5.75. The lowest BCUT2D eigenvalue weighted by molar-refractivity contribution is 0.577. The molecule has 0 spiro atoms. The zero-order valence-corrected chi connectivity index (χ0v) is 12.2. The van der Waals surface area contributed by atoms with E-state index in [-0.39, 0.29) is 0 Å². The van der Waals surface area contributed by atoms with Crippen LogP contribution in [-0.2, 0) is 0 Å². The smallest absolute Gasteiger partial charge is 0.184 e. The van der Waals surface area contributed by atoms with Crippen LogP contribution in [0.15, 0.2) is 62.5 Å². The van der Waals surface area contributed by atoms with Crippen molar-refractivity contribution >= 4 is 38.7 Å². The second-order valence-electron chi connectivity index (χ2n) is 3.95. The van der Waals surface area contributed by atoms with Crippen LogP contribution in [0.4, 0.5) is 0 Å².